The van der Waals surface area contributed by atoms with Gasteiger partial charge in [-0.2, -0.15) is 0 Å². The lowest BCUT2D eigenvalue weighted by Gasteiger charge is -2.33. The van der Waals surface area contributed by atoms with E-state index in [0.717, 1.165) is 59.4 Å². The van der Waals surface area contributed by atoms with Gasteiger partial charge in [0, 0.05) is 31.6 Å². The van der Waals surface area contributed by atoms with E-state index in [2.05, 4.69) is 38.1 Å². The van der Waals surface area contributed by atoms with Crippen LogP contribution in [0, 0.1) is 6.92 Å². The summed E-state index contributed by atoms with van der Waals surface area (Å²) in [7, 11) is 0. The maximum atomic E-state index is 12.5. The van der Waals surface area contributed by atoms with Crippen LogP contribution in [0.3, 0.4) is 0 Å². The third-order valence-electron chi connectivity index (χ3n) is 5.31. The Morgan fingerprint density at radius 2 is 2.00 bits per heavy atom. The lowest BCUT2D eigenvalue weighted by molar-refractivity contribution is -0.117. The molecule has 7 nitrogen and oxygen atoms in total. The zero-order chi connectivity index (χ0) is 21.2. The van der Waals surface area contributed by atoms with Gasteiger partial charge in [0.1, 0.15) is 10.7 Å². The van der Waals surface area contributed by atoms with E-state index in [9.17, 15) is 4.79 Å². The number of hydrogen-bond acceptors (Lipinski definition) is 8. The van der Waals surface area contributed by atoms with Crippen LogP contribution >= 0.6 is 22.7 Å². The van der Waals surface area contributed by atoms with Crippen molar-refractivity contribution in [3.05, 3.63) is 52.5 Å². The van der Waals surface area contributed by atoms with Gasteiger partial charge in [-0.05, 0) is 36.8 Å². The molecule has 4 heterocycles. The van der Waals surface area contributed by atoms with Crippen LogP contribution in [0.1, 0.15) is 10.6 Å². The van der Waals surface area contributed by atoms with Crippen LogP contribution in [0.25, 0.3) is 21.7 Å². The molecule has 160 valence electrons. The number of rotatable bonds is 6. The van der Waals surface area contributed by atoms with Gasteiger partial charge < -0.3 is 9.73 Å². The highest BCUT2D eigenvalue weighted by Gasteiger charge is 2.20. The Kier molecular flexibility index (Phi) is 5.82. The highest BCUT2D eigenvalue weighted by Crippen LogP contribution is 2.27. The van der Waals surface area contributed by atoms with Gasteiger partial charge in [-0.15, -0.1) is 11.3 Å². The van der Waals surface area contributed by atoms with Crippen molar-refractivity contribution in [2.75, 3.05) is 38.0 Å². The van der Waals surface area contributed by atoms with Gasteiger partial charge in [0.25, 0.3) is 0 Å². The number of amides is 1. The number of carbonyl (C=O) groups is 1. The fraction of sp³-hybridized carbons (Fsp3) is 0.318. The Morgan fingerprint density at radius 1 is 1.16 bits per heavy atom. The predicted molar refractivity (Wildman–Crippen MR) is 125 cm³/mol. The van der Waals surface area contributed by atoms with Crippen LogP contribution in [0.2, 0.25) is 0 Å². The zero-order valence-corrected chi connectivity index (χ0v) is 18.8. The molecule has 0 aliphatic carbocycles. The fourth-order valence-corrected chi connectivity index (χ4v) is 5.47. The number of anilines is 1. The average molecular weight is 454 g/mol. The molecule has 4 aromatic rings. The highest BCUT2D eigenvalue weighted by molar-refractivity contribution is 7.22. The predicted octanol–water partition coefficient (Wildman–Crippen LogP) is 4.08. The van der Waals surface area contributed by atoms with Crippen molar-refractivity contribution >= 4 is 43.9 Å². The summed E-state index contributed by atoms with van der Waals surface area (Å²) in [5.74, 6) is 0.800. The first-order valence-electron chi connectivity index (χ1n) is 10.2. The molecule has 3 aromatic heterocycles. The van der Waals surface area contributed by atoms with Crippen LogP contribution in [0.4, 0.5) is 5.13 Å². The largest absolute Gasteiger partial charge is 0.463 e. The minimum absolute atomic E-state index is 0.00718. The van der Waals surface area contributed by atoms with Crippen LogP contribution in [0.15, 0.2) is 46.4 Å². The Bertz CT molecular complexity index is 1180. The Labute approximate surface area is 188 Å². The lowest BCUT2D eigenvalue weighted by atomic mass is 10.2. The van der Waals surface area contributed by atoms with E-state index < -0.39 is 0 Å². The number of aromatic nitrogens is 2. The molecule has 0 spiro atoms. The summed E-state index contributed by atoms with van der Waals surface area (Å²) >= 11 is 3.18. The minimum Gasteiger partial charge on any atom is -0.463 e. The molecule has 1 fully saturated rings. The SMILES string of the molecule is Cc1ccc2nc(NC(=O)CN3CCN(Cc4nc(-c5ccco5)cs4)CC3)sc2c1. The number of nitrogens with zero attached hydrogens (tertiary/aromatic N) is 4. The van der Waals surface area contributed by atoms with Crippen LogP contribution in [0.5, 0.6) is 0 Å². The highest BCUT2D eigenvalue weighted by atomic mass is 32.1. The molecule has 5 rings (SSSR count). The van der Waals surface area contributed by atoms with E-state index in [4.69, 9.17) is 4.42 Å². The number of fused-ring (bicyclic) bond motifs is 1. The molecule has 0 saturated carbocycles. The van der Waals surface area contributed by atoms with Crippen LogP contribution < -0.4 is 5.32 Å². The first-order chi connectivity index (χ1) is 15.1. The monoisotopic (exact) mass is 453 g/mol. The first kappa shape index (κ1) is 20.3. The van der Waals surface area contributed by atoms with Crippen molar-refractivity contribution in [2.45, 2.75) is 13.5 Å². The van der Waals surface area contributed by atoms with Gasteiger partial charge in [-0.25, -0.2) is 9.97 Å². The normalized spacial score (nSPS) is 15.5. The van der Waals surface area contributed by atoms with Crippen LogP contribution in [-0.2, 0) is 11.3 Å². The summed E-state index contributed by atoms with van der Waals surface area (Å²) in [5, 5.41) is 6.75. The van der Waals surface area contributed by atoms with Crippen LogP contribution in [-0.4, -0.2) is 58.4 Å². The van der Waals surface area contributed by atoms with E-state index >= 15 is 0 Å². The minimum atomic E-state index is -0.00718. The Hall–Kier alpha value is -2.59. The molecule has 0 unspecified atom stereocenters. The second kappa shape index (κ2) is 8.88. The molecule has 0 radical (unpaired) electrons. The second-order valence-electron chi connectivity index (χ2n) is 7.69. The molecule has 0 bridgehead atoms. The lowest BCUT2D eigenvalue weighted by Crippen LogP contribution is -2.48. The smallest absolute Gasteiger partial charge is 0.240 e. The Morgan fingerprint density at radius 3 is 2.81 bits per heavy atom. The van der Waals surface area contributed by atoms with E-state index in [0.29, 0.717) is 11.7 Å². The van der Waals surface area contributed by atoms with E-state index in [-0.39, 0.29) is 5.91 Å². The molecule has 1 aromatic carbocycles. The Balaban J connectivity index is 1.10. The van der Waals surface area contributed by atoms with Gasteiger partial charge in [0.2, 0.25) is 5.91 Å². The molecule has 31 heavy (non-hydrogen) atoms. The topological polar surface area (TPSA) is 74.5 Å². The third-order valence-corrected chi connectivity index (χ3v) is 7.07. The quantitative estimate of drug-likeness (QED) is 0.474. The molecule has 1 N–H and O–H groups in total. The number of furan rings is 1. The summed E-state index contributed by atoms with van der Waals surface area (Å²) in [6, 6.07) is 9.94. The molecule has 1 amide bonds. The maximum Gasteiger partial charge on any atom is 0.240 e. The number of carbonyl (C=O) groups excluding carboxylic acids is 1. The summed E-state index contributed by atoms with van der Waals surface area (Å²) in [4.78, 5) is 26.3. The van der Waals surface area contributed by atoms with Crippen molar-refractivity contribution in [2.24, 2.45) is 0 Å². The number of thiazole rings is 2. The summed E-state index contributed by atoms with van der Waals surface area (Å²) in [6.07, 6.45) is 1.67. The zero-order valence-electron chi connectivity index (χ0n) is 17.2. The summed E-state index contributed by atoms with van der Waals surface area (Å²) < 4.78 is 6.52. The third kappa shape index (κ3) is 4.85. The van der Waals surface area contributed by atoms with Crippen molar-refractivity contribution in [3.63, 3.8) is 0 Å². The van der Waals surface area contributed by atoms with Gasteiger partial charge in [0.05, 0.1) is 29.6 Å². The van der Waals surface area contributed by atoms with Crippen molar-refractivity contribution in [1.82, 2.24) is 19.8 Å². The van der Waals surface area contributed by atoms with Crippen molar-refractivity contribution in [3.8, 4) is 11.5 Å². The number of aryl methyl sites for hydroxylation is 1. The van der Waals surface area contributed by atoms with Crippen molar-refractivity contribution in [1.29, 1.82) is 0 Å². The number of nitrogens with one attached hydrogen (secondary N) is 1. The molecule has 1 aliphatic heterocycles. The molecule has 1 aliphatic rings. The molecule has 1 saturated heterocycles. The fourth-order valence-electron chi connectivity index (χ4n) is 3.66. The summed E-state index contributed by atoms with van der Waals surface area (Å²) in [6.45, 7) is 6.85. The second-order valence-corrected chi connectivity index (χ2v) is 9.67. The number of benzene rings is 1. The van der Waals surface area contributed by atoms with Gasteiger partial charge in [-0.3, -0.25) is 14.6 Å². The molecular weight excluding hydrogens is 430 g/mol. The van der Waals surface area contributed by atoms with E-state index in [1.165, 1.54) is 16.9 Å². The molecule has 0 atom stereocenters. The number of hydrogen-bond donors (Lipinski definition) is 1. The van der Waals surface area contributed by atoms with E-state index in [1.807, 2.05) is 29.6 Å². The molecule has 9 heteroatoms. The van der Waals surface area contributed by atoms with Gasteiger partial charge in [0.15, 0.2) is 10.9 Å². The van der Waals surface area contributed by atoms with Gasteiger partial charge in [-0.1, -0.05) is 17.4 Å². The average Bonchev–Trinajstić information content (AvgIpc) is 3.49. The van der Waals surface area contributed by atoms with Crippen molar-refractivity contribution < 1.29 is 9.21 Å². The first-order valence-corrected chi connectivity index (χ1v) is 11.9. The summed E-state index contributed by atoms with van der Waals surface area (Å²) in [5.41, 5.74) is 3.02. The van der Waals surface area contributed by atoms with Gasteiger partial charge >= 0.3 is 0 Å². The number of piperazine rings is 1. The standard InChI is InChI=1S/C22H23N5O2S2/c1-15-4-5-16-19(11-15)31-22(24-16)25-20(28)12-26-6-8-27(9-7-26)13-21-23-17(14-30-21)18-3-2-10-29-18/h2-5,10-11,14H,6-9,12-13H2,1H3,(H,24,25,28). The molecular formula is C22H23N5O2S2. The van der Waals surface area contributed by atoms with E-state index in [1.54, 1.807) is 17.6 Å². The maximum absolute atomic E-state index is 12.5.